The molecule has 5 aromatic rings. The molecule has 0 saturated carbocycles. The molecule has 10 heteroatoms. The zero-order valence-electron chi connectivity index (χ0n) is 21.1. The fourth-order valence-electron chi connectivity index (χ4n) is 4.16. The molecule has 0 spiro atoms. The highest BCUT2D eigenvalue weighted by molar-refractivity contribution is 9.10. The Labute approximate surface area is 241 Å². The van der Waals surface area contributed by atoms with E-state index in [-0.39, 0.29) is 4.90 Å². The maximum Gasteiger partial charge on any atom is 0.242 e. The van der Waals surface area contributed by atoms with Gasteiger partial charge in [-0.1, -0.05) is 48.0 Å². The second-order valence-electron chi connectivity index (χ2n) is 8.89. The number of nitrogens with one attached hydrogen (secondary N) is 1. The number of aromatic nitrogens is 2. The summed E-state index contributed by atoms with van der Waals surface area (Å²) in [6.07, 6.45) is 2.33. The number of ether oxygens (including phenoxy) is 1. The number of sulfonamides is 1. The highest BCUT2D eigenvalue weighted by Gasteiger charge is 2.20. The van der Waals surface area contributed by atoms with Crippen LogP contribution in [0.25, 0.3) is 16.6 Å². The van der Waals surface area contributed by atoms with Crippen LogP contribution in [0.15, 0.2) is 107 Å². The lowest BCUT2D eigenvalue weighted by atomic mass is 10.1. The largest absolute Gasteiger partial charge is 0.457 e. The third-order valence-corrected chi connectivity index (χ3v) is 9.04. The van der Waals surface area contributed by atoms with Crippen molar-refractivity contribution in [1.82, 2.24) is 13.9 Å². The Balaban J connectivity index is 1.23. The standard InChI is InChI=1S/C29H26BrClN4O3S/c1-34(39(36,37)24-14-12-23(13-15-24)38-22-8-3-2-4-9-22)17-7-16-32-29-19-21(25-10-5-6-11-27(25)31)18-28-26(30)20-33-35(28)29/h2-6,8-15,18-20,32H,7,16-17H2,1H3. The van der Waals surface area contributed by atoms with Gasteiger partial charge in [0.1, 0.15) is 17.3 Å². The molecule has 0 bridgehead atoms. The molecule has 0 aliphatic heterocycles. The molecule has 0 fully saturated rings. The molecule has 39 heavy (non-hydrogen) atoms. The van der Waals surface area contributed by atoms with E-state index in [2.05, 4.69) is 26.3 Å². The topological polar surface area (TPSA) is 75.9 Å². The molecule has 2 heterocycles. The first-order valence-corrected chi connectivity index (χ1v) is 14.9. The molecular formula is C29H26BrClN4O3S. The number of fused-ring (bicyclic) bond motifs is 1. The first-order valence-electron chi connectivity index (χ1n) is 12.3. The van der Waals surface area contributed by atoms with Crippen LogP contribution in [-0.4, -0.2) is 42.5 Å². The van der Waals surface area contributed by atoms with Crippen LogP contribution in [0.1, 0.15) is 6.42 Å². The SMILES string of the molecule is CN(CCCNc1cc(-c2ccccc2Cl)cc2c(Br)cnn12)S(=O)(=O)c1ccc(Oc2ccccc2)cc1. The Morgan fingerprint density at radius 2 is 1.67 bits per heavy atom. The average molecular weight is 626 g/mol. The Morgan fingerprint density at radius 1 is 0.974 bits per heavy atom. The Kier molecular flexibility index (Phi) is 8.23. The minimum atomic E-state index is -3.64. The third-order valence-electron chi connectivity index (χ3n) is 6.22. The molecule has 0 saturated heterocycles. The number of hydrogen-bond acceptors (Lipinski definition) is 5. The Morgan fingerprint density at radius 3 is 2.41 bits per heavy atom. The summed E-state index contributed by atoms with van der Waals surface area (Å²) in [4.78, 5) is 0.217. The summed E-state index contributed by atoms with van der Waals surface area (Å²) >= 11 is 10.0. The smallest absolute Gasteiger partial charge is 0.242 e. The summed E-state index contributed by atoms with van der Waals surface area (Å²) in [6.45, 7) is 0.885. The van der Waals surface area contributed by atoms with Gasteiger partial charge in [0.2, 0.25) is 10.0 Å². The molecule has 3 aromatic carbocycles. The first-order chi connectivity index (χ1) is 18.8. The molecule has 0 radical (unpaired) electrons. The maximum absolute atomic E-state index is 13.1. The third kappa shape index (κ3) is 6.12. The molecule has 0 amide bonds. The van der Waals surface area contributed by atoms with E-state index in [9.17, 15) is 8.42 Å². The molecule has 5 rings (SSSR count). The summed E-state index contributed by atoms with van der Waals surface area (Å²) in [6, 6.07) is 27.5. The van der Waals surface area contributed by atoms with Crippen molar-refractivity contribution >= 4 is 48.9 Å². The lowest BCUT2D eigenvalue weighted by molar-refractivity contribution is 0.464. The van der Waals surface area contributed by atoms with Crippen LogP contribution >= 0.6 is 27.5 Å². The van der Waals surface area contributed by atoms with Gasteiger partial charge in [0.15, 0.2) is 0 Å². The summed E-state index contributed by atoms with van der Waals surface area (Å²) in [7, 11) is -2.05. The van der Waals surface area contributed by atoms with E-state index in [1.807, 2.05) is 71.2 Å². The maximum atomic E-state index is 13.1. The molecular weight excluding hydrogens is 600 g/mol. The van der Waals surface area contributed by atoms with Crippen LogP contribution < -0.4 is 10.1 Å². The molecule has 7 nitrogen and oxygen atoms in total. The van der Waals surface area contributed by atoms with E-state index >= 15 is 0 Å². The minimum absolute atomic E-state index is 0.217. The van der Waals surface area contributed by atoms with Gasteiger partial charge in [-0.3, -0.25) is 0 Å². The van der Waals surface area contributed by atoms with Crippen LogP contribution in [0.5, 0.6) is 11.5 Å². The minimum Gasteiger partial charge on any atom is -0.457 e. The number of nitrogens with zero attached hydrogens (tertiary/aromatic N) is 3. The number of hydrogen-bond donors (Lipinski definition) is 1. The predicted octanol–water partition coefficient (Wildman–Crippen LogP) is 7.33. The zero-order chi connectivity index (χ0) is 27.4. The van der Waals surface area contributed by atoms with E-state index < -0.39 is 10.0 Å². The molecule has 200 valence electrons. The molecule has 1 N–H and O–H groups in total. The summed E-state index contributed by atoms with van der Waals surface area (Å²) in [5, 5.41) is 8.53. The van der Waals surface area contributed by atoms with Crippen LogP contribution in [0, 0.1) is 0 Å². The lowest BCUT2D eigenvalue weighted by Crippen LogP contribution is -2.29. The quantitative estimate of drug-likeness (QED) is 0.165. The van der Waals surface area contributed by atoms with Gasteiger partial charge < -0.3 is 10.1 Å². The number of para-hydroxylation sites is 1. The fourth-order valence-corrected chi connectivity index (χ4v) is 5.98. The van der Waals surface area contributed by atoms with Crippen molar-refractivity contribution in [3.8, 4) is 22.6 Å². The number of rotatable bonds is 10. The summed E-state index contributed by atoms with van der Waals surface area (Å²) < 4.78 is 36.0. The van der Waals surface area contributed by atoms with Crippen molar-refractivity contribution in [3.63, 3.8) is 0 Å². The van der Waals surface area contributed by atoms with E-state index in [1.165, 1.54) is 4.31 Å². The fraction of sp³-hybridized carbons (Fsp3) is 0.138. The van der Waals surface area contributed by atoms with Crippen molar-refractivity contribution in [2.45, 2.75) is 11.3 Å². The number of halogens is 2. The van der Waals surface area contributed by atoms with Crippen molar-refractivity contribution in [1.29, 1.82) is 0 Å². The normalized spacial score (nSPS) is 11.7. The zero-order valence-corrected chi connectivity index (χ0v) is 24.2. The average Bonchev–Trinajstić information content (AvgIpc) is 3.32. The first kappa shape index (κ1) is 27.2. The molecule has 0 unspecified atom stereocenters. The van der Waals surface area contributed by atoms with Gasteiger partial charge in [0.25, 0.3) is 0 Å². The van der Waals surface area contributed by atoms with Crippen molar-refractivity contribution in [2.75, 3.05) is 25.5 Å². The van der Waals surface area contributed by atoms with E-state index in [0.29, 0.717) is 36.0 Å². The van der Waals surface area contributed by atoms with Gasteiger partial charge >= 0.3 is 0 Å². The number of pyridine rings is 1. The second-order valence-corrected chi connectivity index (χ2v) is 12.2. The molecule has 0 atom stereocenters. The van der Waals surface area contributed by atoms with Crippen molar-refractivity contribution in [2.24, 2.45) is 0 Å². The van der Waals surface area contributed by atoms with Gasteiger partial charge in [-0.05, 0) is 82.5 Å². The van der Waals surface area contributed by atoms with Gasteiger partial charge in [0.05, 0.1) is 21.1 Å². The van der Waals surface area contributed by atoms with E-state index in [0.717, 1.165) is 26.9 Å². The van der Waals surface area contributed by atoms with Crippen LogP contribution in [0.4, 0.5) is 5.82 Å². The summed E-state index contributed by atoms with van der Waals surface area (Å²) in [5.41, 5.74) is 2.77. The predicted molar refractivity (Wildman–Crippen MR) is 159 cm³/mol. The monoisotopic (exact) mass is 624 g/mol. The van der Waals surface area contributed by atoms with Crippen molar-refractivity contribution < 1.29 is 13.2 Å². The van der Waals surface area contributed by atoms with Crippen molar-refractivity contribution in [3.05, 3.63) is 107 Å². The van der Waals surface area contributed by atoms with E-state index in [1.54, 1.807) is 37.5 Å². The van der Waals surface area contributed by atoms with Crippen LogP contribution in [-0.2, 0) is 10.0 Å². The number of benzene rings is 3. The molecule has 0 aliphatic rings. The van der Waals surface area contributed by atoms with E-state index in [4.69, 9.17) is 16.3 Å². The number of anilines is 1. The Hall–Kier alpha value is -3.37. The molecule has 0 aliphatic carbocycles. The van der Waals surface area contributed by atoms with Crippen LogP contribution in [0.2, 0.25) is 5.02 Å². The van der Waals surface area contributed by atoms with Gasteiger partial charge in [-0.15, -0.1) is 0 Å². The van der Waals surface area contributed by atoms with Gasteiger partial charge in [-0.2, -0.15) is 5.10 Å². The second kappa shape index (κ2) is 11.8. The van der Waals surface area contributed by atoms with Gasteiger partial charge in [-0.25, -0.2) is 17.2 Å². The lowest BCUT2D eigenvalue weighted by Gasteiger charge is -2.18. The van der Waals surface area contributed by atoms with Crippen LogP contribution in [0.3, 0.4) is 0 Å². The highest BCUT2D eigenvalue weighted by Crippen LogP contribution is 2.33. The highest BCUT2D eigenvalue weighted by atomic mass is 79.9. The van der Waals surface area contributed by atoms with Gasteiger partial charge in [0, 0.05) is 30.7 Å². The Bertz CT molecular complexity index is 1690. The molecule has 2 aromatic heterocycles. The summed E-state index contributed by atoms with van der Waals surface area (Å²) in [5.74, 6) is 2.05.